The number of carbonyl (C=O) groups is 2. The normalized spacial score (nSPS) is 11.0. The van der Waals surface area contributed by atoms with E-state index in [1.165, 1.54) is 18.2 Å². The fourth-order valence-electron chi connectivity index (χ4n) is 2.22. The van der Waals surface area contributed by atoms with Gasteiger partial charge >= 0.3 is 0 Å². The Morgan fingerprint density at radius 1 is 1.22 bits per heavy atom. The monoisotopic (exact) mass is 388 g/mol. The molecule has 0 bridgehead atoms. The van der Waals surface area contributed by atoms with Gasteiger partial charge in [-0.05, 0) is 31.5 Å². The number of aryl methyl sites for hydroxylation is 1. The summed E-state index contributed by atoms with van der Waals surface area (Å²) >= 11 is 5.94. The van der Waals surface area contributed by atoms with E-state index in [1.807, 2.05) is 19.1 Å². The van der Waals surface area contributed by atoms with Crippen molar-refractivity contribution in [2.24, 2.45) is 5.10 Å². The number of hydrazone groups is 1. The zero-order valence-electron chi connectivity index (χ0n) is 14.7. The minimum absolute atomic E-state index is 0.118. The van der Waals surface area contributed by atoms with Gasteiger partial charge in [0.2, 0.25) is 5.91 Å². The summed E-state index contributed by atoms with van der Waals surface area (Å²) in [6, 6.07) is 10.8. The molecule has 2 rings (SSSR count). The molecule has 8 nitrogen and oxygen atoms in total. The van der Waals surface area contributed by atoms with E-state index in [2.05, 4.69) is 15.8 Å². The number of anilines is 1. The molecule has 0 aliphatic carbocycles. The zero-order chi connectivity index (χ0) is 20.0. The van der Waals surface area contributed by atoms with Crippen molar-refractivity contribution >= 4 is 40.5 Å². The summed E-state index contributed by atoms with van der Waals surface area (Å²) in [5.74, 6) is -0.849. The first kappa shape index (κ1) is 20.1. The van der Waals surface area contributed by atoms with Crippen LogP contribution >= 0.6 is 11.6 Å². The van der Waals surface area contributed by atoms with Crippen molar-refractivity contribution in [3.05, 3.63) is 68.7 Å². The number of benzene rings is 2. The second kappa shape index (κ2) is 8.91. The maximum atomic E-state index is 12.1. The van der Waals surface area contributed by atoms with Crippen molar-refractivity contribution in [2.75, 3.05) is 5.32 Å². The Balaban J connectivity index is 1.98. The molecule has 27 heavy (non-hydrogen) atoms. The lowest BCUT2D eigenvalue weighted by molar-refractivity contribution is -0.384. The van der Waals surface area contributed by atoms with Crippen LogP contribution in [0.4, 0.5) is 11.4 Å². The highest BCUT2D eigenvalue weighted by Crippen LogP contribution is 2.26. The van der Waals surface area contributed by atoms with E-state index in [1.54, 1.807) is 19.1 Å². The molecule has 0 heterocycles. The van der Waals surface area contributed by atoms with E-state index in [-0.39, 0.29) is 28.7 Å². The van der Waals surface area contributed by atoms with Gasteiger partial charge in [0.1, 0.15) is 0 Å². The lowest BCUT2D eigenvalue weighted by Gasteiger charge is -2.08. The number of amides is 2. The third-order valence-corrected chi connectivity index (χ3v) is 3.92. The van der Waals surface area contributed by atoms with Crippen molar-refractivity contribution in [2.45, 2.75) is 20.3 Å². The lowest BCUT2D eigenvalue weighted by atomic mass is 10.1. The topological polar surface area (TPSA) is 114 Å². The summed E-state index contributed by atoms with van der Waals surface area (Å²) in [5, 5.41) is 17.4. The molecule has 0 atom stereocenters. The van der Waals surface area contributed by atoms with Gasteiger partial charge < -0.3 is 5.32 Å². The molecule has 0 aliphatic heterocycles. The number of nitro benzene ring substituents is 1. The highest BCUT2D eigenvalue weighted by Gasteiger charge is 2.13. The van der Waals surface area contributed by atoms with Gasteiger partial charge in [0.15, 0.2) is 0 Å². The molecule has 0 spiro atoms. The summed E-state index contributed by atoms with van der Waals surface area (Å²) < 4.78 is 0. The Hall–Kier alpha value is -3.26. The molecule has 2 aromatic carbocycles. The van der Waals surface area contributed by atoms with Crippen LogP contribution in [-0.2, 0) is 4.79 Å². The SMILES string of the molecule is CC(CC(=O)Nc1cc([N+](=O)[O-])ccc1Cl)=NNC(=O)c1ccccc1C. The average molecular weight is 389 g/mol. The van der Waals surface area contributed by atoms with Crippen molar-refractivity contribution < 1.29 is 14.5 Å². The Labute approximate surface area is 160 Å². The van der Waals surface area contributed by atoms with E-state index in [4.69, 9.17) is 11.6 Å². The summed E-state index contributed by atoms with van der Waals surface area (Å²) in [4.78, 5) is 34.4. The second-order valence-electron chi connectivity index (χ2n) is 5.75. The van der Waals surface area contributed by atoms with Crippen LogP contribution in [0.25, 0.3) is 0 Å². The third-order valence-electron chi connectivity index (χ3n) is 3.59. The lowest BCUT2D eigenvalue weighted by Crippen LogP contribution is -2.22. The number of nitrogens with one attached hydrogen (secondary N) is 2. The van der Waals surface area contributed by atoms with E-state index < -0.39 is 10.8 Å². The van der Waals surface area contributed by atoms with Crippen LogP contribution in [0.3, 0.4) is 0 Å². The number of hydrogen-bond donors (Lipinski definition) is 2. The van der Waals surface area contributed by atoms with E-state index in [0.717, 1.165) is 5.56 Å². The van der Waals surface area contributed by atoms with Gasteiger partial charge in [-0.25, -0.2) is 5.43 Å². The molecule has 0 saturated carbocycles. The molecule has 2 amide bonds. The Bertz CT molecular complexity index is 927. The van der Waals surface area contributed by atoms with Gasteiger partial charge in [-0.15, -0.1) is 0 Å². The number of hydrogen-bond acceptors (Lipinski definition) is 5. The molecule has 0 radical (unpaired) electrons. The molecule has 140 valence electrons. The minimum Gasteiger partial charge on any atom is -0.324 e. The molecular weight excluding hydrogens is 372 g/mol. The van der Waals surface area contributed by atoms with Crippen LogP contribution in [0, 0.1) is 17.0 Å². The first-order valence-electron chi connectivity index (χ1n) is 7.91. The number of halogens is 1. The highest BCUT2D eigenvalue weighted by molar-refractivity contribution is 6.33. The van der Waals surface area contributed by atoms with E-state index in [0.29, 0.717) is 11.3 Å². The van der Waals surface area contributed by atoms with Crippen LogP contribution < -0.4 is 10.7 Å². The molecule has 0 saturated heterocycles. The van der Waals surface area contributed by atoms with E-state index in [9.17, 15) is 19.7 Å². The fraction of sp³-hybridized carbons (Fsp3) is 0.167. The number of carbonyl (C=O) groups excluding carboxylic acids is 2. The van der Waals surface area contributed by atoms with Crippen LogP contribution in [0.2, 0.25) is 5.02 Å². The third kappa shape index (κ3) is 5.61. The summed E-state index contributed by atoms with van der Waals surface area (Å²) in [7, 11) is 0. The molecule has 9 heteroatoms. The Morgan fingerprint density at radius 3 is 2.59 bits per heavy atom. The maximum absolute atomic E-state index is 12.1. The van der Waals surface area contributed by atoms with Crippen LogP contribution in [0.1, 0.15) is 29.3 Å². The minimum atomic E-state index is -0.584. The van der Waals surface area contributed by atoms with Crippen molar-refractivity contribution in [1.82, 2.24) is 5.43 Å². The van der Waals surface area contributed by atoms with Gasteiger partial charge in [0.05, 0.1) is 22.1 Å². The first-order chi connectivity index (χ1) is 12.8. The Morgan fingerprint density at radius 2 is 1.93 bits per heavy atom. The van der Waals surface area contributed by atoms with Crippen molar-refractivity contribution in [1.29, 1.82) is 0 Å². The van der Waals surface area contributed by atoms with Gasteiger partial charge in [0.25, 0.3) is 11.6 Å². The van der Waals surface area contributed by atoms with Crippen LogP contribution in [-0.4, -0.2) is 22.4 Å². The van der Waals surface area contributed by atoms with Crippen molar-refractivity contribution in [3.8, 4) is 0 Å². The number of non-ortho nitro benzene ring substituents is 1. The zero-order valence-corrected chi connectivity index (χ0v) is 15.4. The Kier molecular flexibility index (Phi) is 6.62. The van der Waals surface area contributed by atoms with Crippen LogP contribution in [0.15, 0.2) is 47.6 Å². The molecular formula is C18H17ClN4O4. The largest absolute Gasteiger partial charge is 0.324 e. The average Bonchev–Trinajstić information content (AvgIpc) is 2.61. The van der Waals surface area contributed by atoms with E-state index >= 15 is 0 Å². The number of nitro groups is 1. The molecule has 2 aromatic rings. The van der Waals surface area contributed by atoms with Crippen molar-refractivity contribution in [3.63, 3.8) is 0 Å². The number of nitrogens with zero attached hydrogens (tertiary/aromatic N) is 2. The maximum Gasteiger partial charge on any atom is 0.271 e. The fourth-order valence-corrected chi connectivity index (χ4v) is 2.39. The van der Waals surface area contributed by atoms with Crippen LogP contribution in [0.5, 0.6) is 0 Å². The standard InChI is InChI=1S/C18H17ClN4O4/c1-11-5-3-4-6-14(11)18(25)22-21-12(2)9-17(24)20-16-10-13(23(26)27)7-8-15(16)19/h3-8,10H,9H2,1-2H3,(H,20,24)(H,22,25). The van der Waals surface area contributed by atoms with Gasteiger partial charge in [-0.2, -0.15) is 5.10 Å². The number of rotatable bonds is 6. The van der Waals surface area contributed by atoms with Gasteiger partial charge in [-0.1, -0.05) is 29.8 Å². The predicted molar refractivity (Wildman–Crippen MR) is 103 cm³/mol. The summed E-state index contributed by atoms with van der Waals surface area (Å²) in [6.07, 6.45) is -0.118. The summed E-state index contributed by atoms with van der Waals surface area (Å²) in [5.41, 5.74) is 3.99. The smallest absolute Gasteiger partial charge is 0.271 e. The molecule has 0 aliphatic rings. The molecule has 0 aromatic heterocycles. The summed E-state index contributed by atoms with van der Waals surface area (Å²) in [6.45, 7) is 3.38. The predicted octanol–water partition coefficient (Wildman–Crippen LogP) is 3.69. The molecule has 0 fully saturated rings. The molecule has 2 N–H and O–H groups in total. The molecule has 0 unspecified atom stereocenters. The highest BCUT2D eigenvalue weighted by atomic mass is 35.5. The van der Waals surface area contributed by atoms with Gasteiger partial charge in [-0.3, -0.25) is 19.7 Å². The first-order valence-corrected chi connectivity index (χ1v) is 8.28. The quantitative estimate of drug-likeness (QED) is 0.446. The second-order valence-corrected chi connectivity index (χ2v) is 6.16. The van der Waals surface area contributed by atoms with Gasteiger partial charge in [0, 0.05) is 23.4 Å².